The van der Waals surface area contributed by atoms with Gasteiger partial charge in [0.2, 0.25) is 0 Å². The second kappa shape index (κ2) is 5.25. The predicted octanol–water partition coefficient (Wildman–Crippen LogP) is 2.84. The number of aliphatic hydroxyl groups excluding tert-OH is 1. The highest BCUT2D eigenvalue weighted by molar-refractivity contribution is 5.27. The first-order chi connectivity index (χ1) is 8.98. The van der Waals surface area contributed by atoms with Crippen LogP contribution in [0.1, 0.15) is 12.5 Å². The maximum absolute atomic E-state index is 13.6. The quantitative estimate of drug-likeness (QED) is 0.840. The highest BCUT2D eigenvalue weighted by atomic mass is 19.4. The number of benzene rings is 1. The first-order valence-corrected chi connectivity index (χ1v) is 5.52. The first kappa shape index (κ1) is 16.8. The lowest BCUT2D eigenvalue weighted by atomic mass is 9.77. The Balaban J connectivity index is 3.49. The van der Waals surface area contributed by atoms with Gasteiger partial charge in [0.05, 0.1) is 0 Å². The molecule has 2 N–H and O–H groups in total. The molecule has 0 aromatic heterocycles. The van der Waals surface area contributed by atoms with Gasteiger partial charge in [-0.25, -0.2) is 4.39 Å². The Kier molecular flexibility index (Phi) is 4.40. The third kappa shape index (κ3) is 2.49. The van der Waals surface area contributed by atoms with Crippen LogP contribution in [-0.2, 0) is 5.60 Å². The topological polar surface area (TPSA) is 40.5 Å². The van der Waals surface area contributed by atoms with Gasteiger partial charge in [-0.15, -0.1) is 0 Å². The molecule has 1 aromatic rings. The van der Waals surface area contributed by atoms with E-state index < -0.39 is 41.6 Å². The number of rotatable bonds is 4. The van der Waals surface area contributed by atoms with Crippen LogP contribution < -0.4 is 0 Å². The summed E-state index contributed by atoms with van der Waals surface area (Å²) in [4.78, 5) is 0. The standard InChI is InChI=1S/C12H12F6O2/c1-7(6-19)10(20,11(14,15)12(16,17)18)8-2-4-9(13)5-3-8/h2-5,7,19-20H,6H2,1H3/t7-,10+/m1/s1. The van der Waals surface area contributed by atoms with E-state index in [0.29, 0.717) is 24.3 Å². The summed E-state index contributed by atoms with van der Waals surface area (Å²) in [5.74, 6) is -8.20. The second-order valence-corrected chi connectivity index (χ2v) is 4.43. The van der Waals surface area contributed by atoms with Crippen LogP contribution in [0.3, 0.4) is 0 Å². The molecule has 20 heavy (non-hydrogen) atoms. The second-order valence-electron chi connectivity index (χ2n) is 4.43. The zero-order chi connectivity index (χ0) is 15.8. The molecule has 0 saturated heterocycles. The molecule has 0 spiro atoms. The van der Waals surface area contributed by atoms with E-state index in [1.165, 1.54) is 0 Å². The molecule has 114 valence electrons. The summed E-state index contributed by atoms with van der Waals surface area (Å²) in [5, 5.41) is 18.8. The van der Waals surface area contributed by atoms with Crippen LogP contribution in [0.4, 0.5) is 26.3 Å². The largest absolute Gasteiger partial charge is 0.456 e. The van der Waals surface area contributed by atoms with Gasteiger partial charge >= 0.3 is 12.1 Å². The Morgan fingerprint density at radius 1 is 1.05 bits per heavy atom. The average molecular weight is 302 g/mol. The van der Waals surface area contributed by atoms with Crippen molar-refractivity contribution in [1.29, 1.82) is 0 Å². The molecule has 0 aliphatic heterocycles. The molecule has 0 unspecified atom stereocenters. The average Bonchev–Trinajstić information content (AvgIpc) is 2.36. The summed E-state index contributed by atoms with van der Waals surface area (Å²) < 4.78 is 77.6. The fraction of sp³-hybridized carbons (Fsp3) is 0.500. The molecular weight excluding hydrogens is 290 g/mol. The normalized spacial score (nSPS) is 17.6. The van der Waals surface area contributed by atoms with E-state index in [4.69, 9.17) is 5.11 Å². The number of aliphatic hydroxyl groups is 2. The lowest BCUT2D eigenvalue weighted by molar-refractivity contribution is -0.357. The van der Waals surface area contributed by atoms with Gasteiger partial charge in [0, 0.05) is 12.5 Å². The van der Waals surface area contributed by atoms with Crippen LogP contribution >= 0.6 is 0 Å². The van der Waals surface area contributed by atoms with E-state index in [1.807, 2.05) is 0 Å². The van der Waals surface area contributed by atoms with Gasteiger partial charge < -0.3 is 10.2 Å². The minimum Gasteiger partial charge on any atom is -0.396 e. The maximum atomic E-state index is 13.6. The van der Waals surface area contributed by atoms with Crippen LogP contribution in [0.15, 0.2) is 24.3 Å². The fourth-order valence-corrected chi connectivity index (χ4v) is 1.83. The van der Waals surface area contributed by atoms with Crippen LogP contribution in [0.2, 0.25) is 0 Å². The molecule has 8 heteroatoms. The molecule has 2 nitrogen and oxygen atoms in total. The Morgan fingerprint density at radius 2 is 1.50 bits per heavy atom. The Labute approximate surface area is 110 Å². The van der Waals surface area contributed by atoms with Crippen LogP contribution in [0, 0.1) is 11.7 Å². The van der Waals surface area contributed by atoms with Crippen molar-refractivity contribution in [2.24, 2.45) is 5.92 Å². The van der Waals surface area contributed by atoms with Crippen LogP contribution in [0.25, 0.3) is 0 Å². The highest BCUT2D eigenvalue weighted by Gasteiger charge is 2.71. The summed E-state index contributed by atoms with van der Waals surface area (Å²) >= 11 is 0. The van der Waals surface area contributed by atoms with Gasteiger partial charge in [-0.3, -0.25) is 0 Å². The molecule has 0 saturated carbocycles. The maximum Gasteiger partial charge on any atom is 0.456 e. The van der Waals surface area contributed by atoms with E-state index in [0.717, 1.165) is 6.92 Å². The SMILES string of the molecule is C[C@H](CO)[C@](O)(c1ccc(F)cc1)C(F)(F)C(F)(F)F. The molecule has 0 aliphatic rings. The van der Waals surface area contributed by atoms with Crippen LogP contribution in [0.5, 0.6) is 0 Å². The number of halogens is 6. The fourth-order valence-electron chi connectivity index (χ4n) is 1.83. The van der Waals surface area contributed by atoms with Crippen LogP contribution in [-0.4, -0.2) is 28.9 Å². The molecular formula is C12H12F6O2. The van der Waals surface area contributed by atoms with Gasteiger partial charge in [0.15, 0.2) is 5.60 Å². The first-order valence-electron chi connectivity index (χ1n) is 5.52. The summed E-state index contributed by atoms with van der Waals surface area (Å²) in [6.07, 6.45) is -6.03. The van der Waals surface area contributed by atoms with Gasteiger partial charge in [-0.1, -0.05) is 19.1 Å². The molecule has 1 aromatic carbocycles. The Hall–Kier alpha value is -1.28. The van der Waals surface area contributed by atoms with Gasteiger partial charge in [-0.2, -0.15) is 22.0 Å². The smallest absolute Gasteiger partial charge is 0.396 e. The van der Waals surface area contributed by atoms with Crippen molar-refractivity contribution < 1.29 is 36.6 Å². The van der Waals surface area contributed by atoms with Crippen molar-refractivity contribution in [2.45, 2.75) is 24.6 Å². The summed E-state index contributed by atoms with van der Waals surface area (Å²) in [6.45, 7) is -0.275. The zero-order valence-corrected chi connectivity index (χ0v) is 10.3. The Morgan fingerprint density at radius 3 is 1.85 bits per heavy atom. The third-order valence-electron chi connectivity index (χ3n) is 3.11. The summed E-state index contributed by atoms with van der Waals surface area (Å²) in [5.41, 5.74) is -4.53. The molecule has 0 heterocycles. The van der Waals surface area contributed by atoms with Crippen molar-refractivity contribution >= 4 is 0 Å². The monoisotopic (exact) mass is 302 g/mol. The summed E-state index contributed by atoms with van der Waals surface area (Å²) in [7, 11) is 0. The molecule has 0 bridgehead atoms. The zero-order valence-electron chi connectivity index (χ0n) is 10.3. The predicted molar refractivity (Wildman–Crippen MR) is 57.5 cm³/mol. The highest BCUT2D eigenvalue weighted by Crippen LogP contribution is 2.51. The molecule has 0 aliphatic carbocycles. The molecule has 0 fully saturated rings. The number of hydrogen-bond acceptors (Lipinski definition) is 2. The minimum absolute atomic E-state index is 0.626. The van der Waals surface area contributed by atoms with Crippen molar-refractivity contribution in [2.75, 3.05) is 6.61 Å². The lowest BCUT2D eigenvalue weighted by Crippen LogP contribution is -2.58. The van der Waals surface area contributed by atoms with Crippen molar-refractivity contribution in [3.05, 3.63) is 35.6 Å². The van der Waals surface area contributed by atoms with Crippen molar-refractivity contribution in [1.82, 2.24) is 0 Å². The molecule has 1 rings (SSSR count). The van der Waals surface area contributed by atoms with E-state index in [-0.39, 0.29) is 0 Å². The molecule has 2 atom stereocenters. The number of alkyl halides is 5. The molecule has 0 amide bonds. The van der Waals surface area contributed by atoms with Gasteiger partial charge in [0.25, 0.3) is 0 Å². The van der Waals surface area contributed by atoms with Crippen molar-refractivity contribution in [3.8, 4) is 0 Å². The van der Waals surface area contributed by atoms with Crippen molar-refractivity contribution in [3.63, 3.8) is 0 Å². The molecule has 0 radical (unpaired) electrons. The van der Waals surface area contributed by atoms with E-state index in [2.05, 4.69) is 0 Å². The number of hydrogen-bond donors (Lipinski definition) is 2. The van der Waals surface area contributed by atoms with Gasteiger partial charge in [-0.05, 0) is 17.7 Å². The summed E-state index contributed by atoms with van der Waals surface area (Å²) in [6, 6.07) is 2.55. The van der Waals surface area contributed by atoms with E-state index in [1.54, 1.807) is 0 Å². The van der Waals surface area contributed by atoms with E-state index >= 15 is 0 Å². The van der Waals surface area contributed by atoms with E-state index in [9.17, 15) is 31.4 Å². The minimum atomic E-state index is -6.03. The Bertz CT molecular complexity index is 456. The lowest BCUT2D eigenvalue weighted by Gasteiger charge is -2.40. The third-order valence-corrected chi connectivity index (χ3v) is 3.11. The van der Waals surface area contributed by atoms with Gasteiger partial charge in [0.1, 0.15) is 5.82 Å².